The molecular weight excluding hydrogens is 247 g/mol. The van der Waals surface area contributed by atoms with Crippen LogP contribution >= 0.6 is 0 Å². The lowest BCUT2D eigenvalue weighted by Crippen LogP contribution is -2.33. The van der Waals surface area contributed by atoms with Crippen molar-refractivity contribution in [3.63, 3.8) is 0 Å². The third-order valence-electron chi connectivity index (χ3n) is 2.63. The van der Waals surface area contributed by atoms with Crippen LogP contribution in [0.1, 0.15) is 25.3 Å². The van der Waals surface area contributed by atoms with E-state index in [0.717, 1.165) is 0 Å². The second-order valence-electron chi connectivity index (χ2n) is 4.28. The van der Waals surface area contributed by atoms with Crippen molar-refractivity contribution in [1.82, 2.24) is 10.6 Å². The summed E-state index contributed by atoms with van der Waals surface area (Å²) in [6, 6.07) is 6.58. The number of nitrogens with one attached hydrogen (secondary N) is 2. The van der Waals surface area contributed by atoms with Gasteiger partial charge in [-0.05, 0) is 24.5 Å². The van der Waals surface area contributed by atoms with Gasteiger partial charge < -0.3 is 10.6 Å². The van der Waals surface area contributed by atoms with Crippen molar-refractivity contribution in [3.05, 3.63) is 35.6 Å². The fourth-order valence-corrected chi connectivity index (χ4v) is 1.67. The predicted molar refractivity (Wildman–Crippen MR) is 71.0 cm³/mol. The molecule has 0 radical (unpaired) electrons. The molecule has 1 aromatic rings. The molecule has 1 aromatic carbocycles. The Bertz CT molecular complexity index is 435. The van der Waals surface area contributed by atoms with E-state index in [0.29, 0.717) is 37.9 Å². The summed E-state index contributed by atoms with van der Waals surface area (Å²) in [5.41, 5.74) is 0.633. The second-order valence-corrected chi connectivity index (χ2v) is 4.28. The molecule has 0 aliphatic carbocycles. The Morgan fingerprint density at radius 1 is 1.16 bits per heavy atom. The molecule has 0 aromatic heterocycles. The van der Waals surface area contributed by atoms with Crippen LogP contribution in [-0.2, 0) is 16.0 Å². The predicted octanol–water partition coefficient (Wildman–Crippen LogP) is 1.40. The van der Waals surface area contributed by atoms with E-state index in [1.54, 1.807) is 18.2 Å². The zero-order chi connectivity index (χ0) is 14.1. The van der Waals surface area contributed by atoms with Gasteiger partial charge >= 0.3 is 0 Å². The fourth-order valence-electron chi connectivity index (χ4n) is 1.67. The highest BCUT2D eigenvalue weighted by Crippen LogP contribution is 2.09. The second kappa shape index (κ2) is 8.24. The molecule has 0 saturated heterocycles. The summed E-state index contributed by atoms with van der Waals surface area (Å²) in [5.74, 6) is -0.427. The molecule has 0 fully saturated rings. The number of carbonyl (C=O) groups is 2. The normalized spacial score (nSPS) is 10.0. The fraction of sp³-hybridized carbons (Fsp3) is 0.429. The number of hydrogen-bond acceptors (Lipinski definition) is 2. The zero-order valence-electron chi connectivity index (χ0n) is 11.0. The maximum Gasteiger partial charge on any atom is 0.220 e. The quantitative estimate of drug-likeness (QED) is 0.733. The summed E-state index contributed by atoms with van der Waals surface area (Å²) in [4.78, 5) is 22.0. The van der Waals surface area contributed by atoms with Crippen LogP contribution in [0.5, 0.6) is 0 Å². The molecule has 1 rings (SSSR count). The van der Waals surface area contributed by atoms with Crippen LogP contribution in [0.2, 0.25) is 0 Å². The highest BCUT2D eigenvalue weighted by molar-refractivity contribution is 5.76. The summed E-state index contributed by atoms with van der Waals surface area (Å²) < 4.78 is 13.3. The highest BCUT2D eigenvalue weighted by atomic mass is 19.1. The van der Waals surface area contributed by atoms with Gasteiger partial charge in [0.05, 0.1) is 0 Å². The summed E-state index contributed by atoms with van der Waals surface area (Å²) in [5, 5.41) is 5.28. The standard InChI is InChI=1S/C14H19FN2O2/c1-11(18)16-9-10-17-14(19)8-4-6-12-5-2-3-7-13(12)15/h2-3,5,7H,4,6,8-10H2,1H3,(H,16,18)(H,17,19). The molecule has 104 valence electrons. The van der Waals surface area contributed by atoms with Gasteiger partial charge in [-0.1, -0.05) is 18.2 Å². The van der Waals surface area contributed by atoms with Crippen molar-refractivity contribution in [2.75, 3.05) is 13.1 Å². The summed E-state index contributed by atoms with van der Waals surface area (Å²) >= 11 is 0. The number of carbonyl (C=O) groups excluding carboxylic acids is 2. The molecule has 0 aliphatic rings. The highest BCUT2D eigenvalue weighted by Gasteiger charge is 2.04. The van der Waals surface area contributed by atoms with Crippen LogP contribution in [0.3, 0.4) is 0 Å². The van der Waals surface area contributed by atoms with Gasteiger partial charge in [-0.2, -0.15) is 0 Å². The molecule has 0 bridgehead atoms. The first-order valence-corrected chi connectivity index (χ1v) is 6.34. The Hall–Kier alpha value is -1.91. The molecule has 0 unspecified atom stereocenters. The monoisotopic (exact) mass is 266 g/mol. The Balaban J connectivity index is 2.14. The molecule has 2 amide bonds. The molecule has 5 heteroatoms. The average molecular weight is 266 g/mol. The minimum atomic E-state index is -0.228. The van der Waals surface area contributed by atoms with Crippen LogP contribution in [0.4, 0.5) is 4.39 Å². The lowest BCUT2D eigenvalue weighted by molar-refractivity contribution is -0.122. The first-order valence-electron chi connectivity index (χ1n) is 6.34. The van der Waals surface area contributed by atoms with Gasteiger partial charge in [-0.3, -0.25) is 9.59 Å². The van der Waals surface area contributed by atoms with Crippen LogP contribution in [0.25, 0.3) is 0 Å². The molecule has 2 N–H and O–H groups in total. The average Bonchev–Trinajstić information content (AvgIpc) is 2.37. The Labute approximate surface area is 112 Å². The van der Waals surface area contributed by atoms with E-state index in [9.17, 15) is 14.0 Å². The molecule has 4 nitrogen and oxygen atoms in total. The summed E-state index contributed by atoms with van der Waals surface area (Å²) in [7, 11) is 0. The number of halogens is 1. The third-order valence-corrected chi connectivity index (χ3v) is 2.63. The first kappa shape index (κ1) is 15.1. The van der Waals surface area contributed by atoms with E-state index < -0.39 is 0 Å². The molecule has 0 heterocycles. The first-order chi connectivity index (χ1) is 9.09. The molecule has 19 heavy (non-hydrogen) atoms. The van der Waals surface area contributed by atoms with Gasteiger partial charge in [0.2, 0.25) is 11.8 Å². The van der Waals surface area contributed by atoms with E-state index in [1.165, 1.54) is 13.0 Å². The van der Waals surface area contributed by atoms with Gasteiger partial charge in [0.15, 0.2) is 0 Å². The van der Waals surface area contributed by atoms with Gasteiger partial charge in [-0.25, -0.2) is 4.39 Å². The van der Waals surface area contributed by atoms with Crippen molar-refractivity contribution >= 4 is 11.8 Å². The SMILES string of the molecule is CC(=O)NCCNC(=O)CCCc1ccccc1F. The van der Waals surface area contributed by atoms with E-state index in [4.69, 9.17) is 0 Å². The Kier molecular flexibility index (Phi) is 6.57. The minimum absolute atomic E-state index is 0.0818. The third kappa shape index (κ3) is 6.55. The Morgan fingerprint density at radius 2 is 1.84 bits per heavy atom. The van der Waals surface area contributed by atoms with Crippen molar-refractivity contribution < 1.29 is 14.0 Å². The van der Waals surface area contributed by atoms with Crippen LogP contribution in [-0.4, -0.2) is 24.9 Å². The zero-order valence-corrected chi connectivity index (χ0v) is 11.0. The van der Waals surface area contributed by atoms with Crippen LogP contribution in [0.15, 0.2) is 24.3 Å². The van der Waals surface area contributed by atoms with Gasteiger partial charge in [-0.15, -0.1) is 0 Å². The van der Waals surface area contributed by atoms with Crippen LogP contribution < -0.4 is 10.6 Å². The molecular formula is C14H19FN2O2. The van der Waals surface area contributed by atoms with E-state index in [1.807, 2.05) is 0 Å². The lowest BCUT2D eigenvalue weighted by atomic mass is 10.1. The van der Waals surface area contributed by atoms with E-state index in [2.05, 4.69) is 10.6 Å². The minimum Gasteiger partial charge on any atom is -0.355 e. The van der Waals surface area contributed by atoms with Gasteiger partial charge in [0, 0.05) is 26.4 Å². The smallest absolute Gasteiger partial charge is 0.220 e. The van der Waals surface area contributed by atoms with E-state index in [-0.39, 0.29) is 17.6 Å². The maximum atomic E-state index is 13.3. The topological polar surface area (TPSA) is 58.2 Å². The number of benzene rings is 1. The number of rotatable bonds is 7. The van der Waals surface area contributed by atoms with Crippen LogP contribution in [0, 0.1) is 5.82 Å². The Morgan fingerprint density at radius 3 is 2.53 bits per heavy atom. The lowest BCUT2D eigenvalue weighted by Gasteiger charge is -2.06. The van der Waals surface area contributed by atoms with E-state index >= 15 is 0 Å². The van der Waals surface area contributed by atoms with Crippen molar-refractivity contribution in [1.29, 1.82) is 0 Å². The molecule has 0 saturated carbocycles. The number of hydrogen-bond donors (Lipinski definition) is 2. The molecule has 0 spiro atoms. The van der Waals surface area contributed by atoms with Crippen molar-refractivity contribution in [2.24, 2.45) is 0 Å². The van der Waals surface area contributed by atoms with Gasteiger partial charge in [0.25, 0.3) is 0 Å². The summed E-state index contributed by atoms with van der Waals surface area (Å²) in [6.07, 6.45) is 1.51. The van der Waals surface area contributed by atoms with Crippen molar-refractivity contribution in [3.8, 4) is 0 Å². The number of aryl methyl sites for hydroxylation is 1. The number of amides is 2. The largest absolute Gasteiger partial charge is 0.355 e. The maximum absolute atomic E-state index is 13.3. The summed E-state index contributed by atoms with van der Waals surface area (Å²) in [6.45, 7) is 2.27. The molecule has 0 atom stereocenters. The van der Waals surface area contributed by atoms with Gasteiger partial charge in [0.1, 0.15) is 5.82 Å². The molecule has 0 aliphatic heterocycles. The van der Waals surface area contributed by atoms with Crippen molar-refractivity contribution in [2.45, 2.75) is 26.2 Å².